The van der Waals surface area contributed by atoms with Crippen LogP contribution in [0.4, 0.5) is 4.79 Å². The van der Waals surface area contributed by atoms with E-state index in [1.807, 2.05) is 13.0 Å². The van der Waals surface area contributed by atoms with Gasteiger partial charge in [0.25, 0.3) is 0 Å². The Balaban J connectivity index is 1.75. The number of carbonyl (C=O) groups is 1. The third-order valence-electron chi connectivity index (χ3n) is 4.53. The van der Waals surface area contributed by atoms with Crippen LogP contribution in [0.2, 0.25) is 0 Å². The second-order valence-electron chi connectivity index (χ2n) is 5.99. The minimum atomic E-state index is -0.112. The normalized spacial score (nSPS) is 16.9. The zero-order valence-corrected chi connectivity index (χ0v) is 13.0. The van der Waals surface area contributed by atoms with E-state index in [0.717, 1.165) is 30.9 Å². The van der Waals surface area contributed by atoms with Crippen molar-refractivity contribution >= 4 is 6.03 Å². The number of aryl methyl sites for hydroxylation is 1. The first-order valence-corrected chi connectivity index (χ1v) is 7.69. The van der Waals surface area contributed by atoms with E-state index in [4.69, 9.17) is 9.15 Å². The molecule has 0 atom stereocenters. The van der Waals surface area contributed by atoms with Crippen molar-refractivity contribution in [3.63, 3.8) is 0 Å². The van der Waals surface area contributed by atoms with Gasteiger partial charge in [0.2, 0.25) is 0 Å². The molecule has 1 aromatic heterocycles. The van der Waals surface area contributed by atoms with Crippen LogP contribution in [-0.2, 0) is 11.3 Å². The van der Waals surface area contributed by atoms with Gasteiger partial charge in [-0.05, 0) is 37.7 Å². The maximum atomic E-state index is 11.9. The molecule has 0 aliphatic heterocycles. The van der Waals surface area contributed by atoms with Crippen LogP contribution in [0, 0.1) is 12.3 Å². The number of furan rings is 1. The summed E-state index contributed by atoms with van der Waals surface area (Å²) in [4.78, 5) is 11.9. The van der Waals surface area contributed by atoms with E-state index in [-0.39, 0.29) is 11.4 Å². The minimum absolute atomic E-state index is 0.112. The van der Waals surface area contributed by atoms with Crippen LogP contribution in [0.15, 0.2) is 16.7 Å². The van der Waals surface area contributed by atoms with Gasteiger partial charge in [-0.25, -0.2) is 4.79 Å². The Morgan fingerprint density at radius 1 is 1.38 bits per heavy atom. The summed E-state index contributed by atoms with van der Waals surface area (Å²) >= 11 is 0. The highest BCUT2D eigenvalue weighted by molar-refractivity contribution is 5.73. The average molecular weight is 294 g/mol. The van der Waals surface area contributed by atoms with Crippen molar-refractivity contribution in [3.05, 3.63) is 23.7 Å². The number of amides is 2. The fraction of sp³-hybridized carbons (Fsp3) is 0.688. The van der Waals surface area contributed by atoms with E-state index in [1.54, 1.807) is 13.4 Å². The molecule has 2 N–H and O–H groups in total. The zero-order valence-electron chi connectivity index (χ0n) is 13.0. The number of ether oxygens (including phenoxy) is 1. The molecule has 0 unspecified atom stereocenters. The minimum Gasteiger partial charge on any atom is -0.469 e. The molecule has 1 aliphatic rings. The number of nitrogens with one attached hydrogen (secondary N) is 2. The predicted octanol–water partition coefficient (Wildman–Crippen LogP) is 2.98. The molecule has 1 saturated carbocycles. The van der Waals surface area contributed by atoms with Crippen LogP contribution in [0.5, 0.6) is 0 Å². The molecule has 1 aliphatic carbocycles. The molecule has 5 nitrogen and oxygen atoms in total. The number of urea groups is 1. The molecule has 0 saturated heterocycles. The number of hydrogen-bond acceptors (Lipinski definition) is 3. The van der Waals surface area contributed by atoms with Crippen molar-refractivity contribution in [1.29, 1.82) is 0 Å². The van der Waals surface area contributed by atoms with Gasteiger partial charge in [0.15, 0.2) is 0 Å². The van der Waals surface area contributed by atoms with Crippen molar-refractivity contribution in [2.24, 2.45) is 5.41 Å². The summed E-state index contributed by atoms with van der Waals surface area (Å²) in [6, 6.07) is 1.77. The van der Waals surface area contributed by atoms with E-state index in [1.165, 1.54) is 25.7 Å². The Morgan fingerprint density at radius 3 is 2.76 bits per heavy atom. The lowest BCUT2D eigenvalue weighted by atomic mass is 9.83. The first-order chi connectivity index (χ1) is 10.2. The summed E-state index contributed by atoms with van der Waals surface area (Å²) in [6.07, 6.45) is 7.52. The van der Waals surface area contributed by atoms with Crippen LogP contribution in [0.3, 0.4) is 0 Å². The van der Waals surface area contributed by atoms with Crippen molar-refractivity contribution in [2.75, 3.05) is 20.3 Å². The largest absolute Gasteiger partial charge is 0.469 e. The lowest BCUT2D eigenvalue weighted by molar-refractivity contribution is 0.136. The SMILES string of the molecule is COCCC1(CNC(=O)NCc2ccoc2C)CCCC1. The Hall–Kier alpha value is -1.49. The van der Waals surface area contributed by atoms with E-state index >= 15 is 0 Å². The molecular formula is C16H26N2O3. The fourth-order valence-corrected chi connectivity index (χ4v) is 3.06. The summed E-state index contributed by atoms with van der Waals surface area (Å²) < 4.78 is 10.4. The summed E-state index contributed by atoms with van der Waals surface area (Å²) in [6.45, 7) is 3.89. The Morgan fingerprint density at radius 2 is 2.14 bits per heavy atom. The molecule has 5 heteroatoms. The molecule has 0 aromatic carbocycles. The summed E-state index contributed by atoms with van der Waals surface area (Å²) in [5.41, 5.74) is 1.24. The molecule has 118 valence electrons. The lowest BCUT2D eigenvalue weighted by Gasteiger charge is -2.29. The van der Waals surface area contributed by atoms with Crippen molar-refractivity contribution in [1.82, 2.24) is 10.6 Å². The first-order valence-electron chi connectivity index (χ1n) is 7.69. The van der Waals surface area contributed by atoms with Crippen molar-refractivity contribution < 1.29 is 13.9 Å². The van der Waals surface area contributed by atoms with Gasteiger partial charge in [0.05, 0.1) is 6.26 Å². The van der Waals surface area contributed by atoms with Gasteiger partial charge in [-0.1, -0.05) is 12.8 Å². The number of hydrogen-bond donors (Lipinski definition) is 2. The van der Waals surface area contributed by atoms with E-state index < -0.39 is 0 Å². The highest BCUT2D eigenvalue weighted by atomic mass is 16.5. The Labute approximate surface area is 126 Å². The molecular weight excluding hydrogens is 268 g/mol. The number of carbonyl (C=O) groups excluding carboxylic acids is 1. The molecule has 1 aromatic rings. The van der Waals surface area contributed by atoms with Gasteiger partial charge in [0, 0.05) is 32.4 Å². The van der Waals surface area contributed by atoms with Crippen LogP contribution in [0.1, 0.15) is 43.4 Å². The maximum absolute atomic E-state index is 11.9. The zero-order chi connectivity index (χ0) is 15.1. The first kappa shape index (κ1) is 15.9. The Bertz CT molecular complexity index is 450. The fourth-order valence-electron chi connectivity index (χ4n) is 3.06. The molecule has 0 bridgehead atoms. The molecule has 1 fully saturated rings. The second kappa shape index (κ2) is 7.50. The summed E-state index contributed by atoms with van der Waals surface area (Å²) in [7, 11) is 1.73. The molecule has 21 heavy (non-hydrogen) atoms. The van der Waals surface area contributed by atoms with Gasteiger partial charge in [0.1, 0.15) is 5.76 Å². The summed E-state index contributed by atoms with van der Waals surface area (Å²) in [5.74, 6) is 0.850. The summed E-state index contributed by atoms with van der Waals surface area (Å²) in [5, 5.41) is 5.90. The highest BCUT2D eigenvalue weighted by Gasteiger charge is 2.33. The van der Waals surface area contributed by atoms with Crippen LogP contribution < -0.4 is 10.6 Å². The van der Waals surface area contributed by atoms with Gasteiger partial charge in [-0.2, -0.15) is 0 Å². The van der Waals surface area contributed by atoms with E-state index in [0.29, 0.717) is 6.54 Å². The van der Waals surface area contributed by atoms with Crippen molar-refractivity contribution in [3.8, 4) is 0 Å². The van der Waals surface area contributed by atoms with Crippen molar-refractivity contribution in [2.45, 2.75) is 45.6 Å². The smallest absolute Gasteiger partial charge is 0.315 e. The standard InChI is InChI=1S/C16H26N2O3/c1-13-14(5-9-21-13)11-17-15(19)18-12-16(8-10-20-2)6-3-4-7-16/h5,9H,3-4,6-8,10-12H2,1-2H3,(H2,17,18,19). The third-order valence-corrected chi connectivity index (χ3v) is 4.53. The predicted molar refractivity (Wildman–Crippen MR) is 81.1 cm³/mol. The molecule has 1 heterocycles. The highest BCUT2D eigenvalue weighted by Crippen LogP contribution is 2.40. The third kappa shape index (κ3) is 4.49. The monoisotopic (exact) mass is 294 g/mol. The van der Waals surface area contributed by atoms with Crippen LogP contribution in [-0.4, -0.2) is 26.3 Å². The van der Waals surface area contributed by atoms with E-state index in [9.17, 15) is 4.79 Å². The van der Waals surface area contributed by atoms with Crippen LogP contribution in [0.25, 0.3) is 0 Å². The quantitative estimate of drug-likeness (QED) is 0.812. The molecule has 0 spiro atoms. The number of rotatable bonds is 7. The maximum Gasteiger partial charge on any atom is 0.315 e. The van der Waals surface area contributed by atoms with Gasteiger partial charge < -0.3 is 19.8 Å². The van der Waals surface area contributed by atoms with Gasteiger partial charge >= 0.3 is 6.03 Å². The molecule has 0 radical (unpaired) electrons. The van der Waals surface area contributed by atoms with Gasteiger partial charge in [-0.15, -0.1) is 0 Å². The number of methoxy groups -OCH3 is 1. The topological polar surface area (TPSA) is 63.5 Å². The lowest BCUT2D eigenvalue weighted by Crippen LogP contribution is -2.42. The molecule has 2 rings (SSSR count). The molecule has 2 amide bonds. The van der Waals surface area contributed by atoms with Crippen LogP contribution >= 0.6 is 0 Å². The average Bonchev–Trinajstić information content (AvgIpc) is 3.11. The Kier molecular flexibility index (Phi) is 5.67. The van der Waals surface area contributed by atoms with E-state index in [2.05, 4.69) is 10.6 Å². The van der Waals surface area contributed by atoms with Gasteiger partial charge in [-0.3, -0.25) is 0 Å². The second-order valence-corrected chi connectivity index (χ2v) is 5.99.